The molecule has 0 atom stereocenters. The highest BCUT2D eigenvalue weighted by molar-refractivity contribution is 5.91. The number of amides is 1. The van der Waals surface area contributed by atoms with Crippen LogP contribution in [0.2, 0.25) is 0 Å². The number of carbonyl (C=O) groups excluding carboxylic acids is 1. The number of anilines is 1. The van der Waals surface area contributed by atoms with Crippen molar-refractivity contribution >= 4 is 11.7 Å². The minimum absolute atomic E-state index is 0.0922. The molecule has 6 heteroatoms. The van der Waals surface area contributed by atoms with Crippen LogP contribution >= 0.6 is 0 Å². The minimum atomic E-state index is -0.0922. The quantitative estimate of drug-likeness (QED) is 0.792. The van der Waals surface area contributed by atoms with Crippen LogP contribution in [-0.2, 0) is 14.3 Å². The van der Waals surface area contributed by atoms with Crippen LogP contribution in [0.1, 0.15) is 0 Å². The molecule has 1 aromatic heterocycles. The van der Waals surface area contributed by atoms with Crippen molar-refractivity contribution in [2.75, 3.05) is 44.3 Å². The molecule has 2 aliphatic rings. The number of hydrogen-bond acceptors (Lipinski definition) is 5. The molecule has 0 unspecified atom stereocenters. The van der Waals surface area contributed by atoms with Gasteiger partial charge < -0.3 is 19.3 Å². The van der Waals surface area contributed by atoms with Gasteiger partial charge in [0.25, 0.3) is 5.91 Å². The summed E-state index contributed by atoms with van der Waals surface area (Å²) in [5.74, 6) is 1.17. The number of piperazine rings is 1. The molecule has 0 aromatic carbocycles. The highest BCUT2D eigenvalue weighted by Gasteiger charge is 2.26. The first-order valence-corrected chi connectivity index (χ1v) is 6.74. The first-order valence-electron chi connectivity index (χ1n) is 6.74. The van der Waals surface area contributed by atoms with E-state index in [1.165, 1.54) is 6.26 Å². The van der Waals surface area contributed by atoms with Gasteiger partial charge in [0.05, 0.1) is 0 Å². The molecule has 0 bridgehead atoms. The molecule has 0 aliphatic carbocycles. The second kappa shape index (κ2) is 5.81. The Labute approximate surface area is 117 Å². The first-order chi connectivity index (χ1) is 9.84. The van der Waals surface area contributed by atoms with Gasteiger partial charge in [-0.05, 0) is 12.1 Å². The van der Waals surface area contributed by atoms with Crippen LogP contribution in [0, 0.1) is 0 Å². The number of ether oxygens (including phenoxy) is 2. The van der Waals surface area contributed by atoms with Gasteiger partial charge in [0.2, 0.25) is 5.76 Å². The highest BCUT2D eigenvalue weighted by Crippen LogP contribution is 2.15. The molecular formula is C14H17N3O3. The molecule has 1 saturated heterocycles. The number of nitrogens with zero attached hydrogens (tertiary/aromatic N) is 3. The average Bonchev–Trinajstić information content (AvgIpc) is 2.56. The zero-order valence-corrected chi connectivity index (χ0v) is 11.2. The highest BCUT2D eigenvalue weighted by atomic mass is 16.6. The van der Waals surface area contributed by atoms with Crippen LogP contribution in [0.5, 0.6) is 0 Å². The fourth-order valence-corrected chi connectivity index (χ4v) is 2.32. The summed E-state index contributed by atoms with van der Waals surface area (Å²) in [5.41, 5.74) is 0. The van der Waals surface area contributed by atoms with Crippen molar-refractivity contribution in [3.05, 3.63) is 36.4 Å². The van der Waals surface area contributed by atoms with Crippen LogP contribution in [-0.4, -0.2) is 55.2 Å². The van der Waals surface area contributed by atoms with E-state index in [2.05, 4.69) is 9.88 Å². The molecule has 2 aliphatic heterocycles. The van der Waals surface area contributed by atoms with Crippen molar-refractivity contribution in [3.63, 3.8) is 0 Å². The Kier molecular flexibility index (Phi) is 3.71. The summed E-state index contributed by atoms with van der Waals surface area (Å²) in [5, 5.41) is 0. The standard InChI is InChI=1S/C14H17N3O3/c18-14(12-11-19-9-10-20-12)17-7-5-16(6-8-17)13-3-1-2-4-15-13/h1-4,11H,5-10H2. The van der Waals surface area contributed by atoms with E-state index in [-0.39, 0.29) is 5.91 Å². The van der Waals surface area contributed by atoms with Gasteiger partial charge in [-0.25, -0.2) is 4.98 Å². The molecule has 1 fully saturated rings. The van der Waals surface area contributed by atoms with Gasteiger partial charge in [-0.3, -0.25) is 4.79 Å². The lowest BCUT2D eigenvalue weighted by molar-refractivity contribution is -0.132. The van der Waals surface area contributed by atoms with Crippen molar-refractivity contribution in [1.29, 1.82) is 0 Å². The third kappa shape index (κ3) is 2.68. The number of carbonyl (C=O) groups is 1. The topological polar surface area (TPSA) is 54.9 Å². The van der Waals surface area contributed by atoms with E-state index in [0.717, 1.165) is 18.9 Å². The predicted molar refractivity (Wildman–Crippen MR) is 73.0 cm³/mol. The van der Waals surface area contributed by atoms with Crippen molar-refractivity contribution in [1.82, 2.24) is 9.88 Å². The van der Waals surface area contributed by atoms with E-state index in [1.807, 2.05) is 18.2 Å². The molecular weight excluding hydrogens is 258 g/mol. The van der Waals surface area contributed by atoms with Gasteiger partial charge in [0, 0.05) is 32.4 Å². The summed E-state index contributed by atoms with van der Waals surface area (Å²) in [6, 6.07) is 5.85. The molecule has 106 valence electrons. The van der Waals surface area contributed by atoms with E-state index < -0.39 is 0 Å². The Morgan fingerprint density at radius 3 is 2.65 bits per heavy atom. The number of pyridine rings is 1. The zero-order valence-electron chi connectivity index (χ0n) is 11.2. The SMILES string of the molecule is O=C(C1=COCCO1)N1CCN(c2ccccn2)CC1. The Balaban J connectivity index is 1.58. The Morgan fingerprint density at radius 2 is 2.00 bits per heavy atom. The van der Waals surface area contributed by atoms with E-state index in [9.17, 15) is 4.79 Å². The zero-order chi connectivity index (χ0) is 13.8. The van der Waals surface area contributed by atoms with Gasteiger partial charge in [-0.2, -0.15) is 0 Å². The lowest BCUT2D eigenvalue weighted by atomic mass is 10.3. The lowest BCUT2D eigenvalue weighted by Gasteiger charge is -2.35. The number of aromatic nitrogens is 1. The second-order valence-corrected chi connectivity index (χ2v) is 4.67. The predicted octanol–water partition coefficient (Wildman–Crippen LogP) is 0.618. The molecule has 0 spiro atoms. The third-order valence-electron chi connectivity index (χ3n) is 3.40. The molecule has 20 heavy (non-hydrogen) atoms. The maximum absolute atomic E-state index is 12.2. The van der Waals surface area contributed by atoms with Crippen LogP contribution in [0.25, 0.3) is 0 Å². The van der Waals surface area contributed by atoms with Gasteiger partial charge in [0.15, 0.2) is 0 Å². The number of rotatable bonds is 2. The van der Waals surface area contributed by atoms with Crippen molar-refractivity contribution in [2.24, 2.45) is 0 Å². The monoisotopic (exact) mass is 275 g/mol. The summed E-state index contributed by atoms with van der Waals surface area (Å²) < 4.78 is 10.5. The largest absolute Gasteiger partial charge is 0.494 e. The van der Waals surface area contributed by atoms with Crippen LogP contribution < -0.4 is 4.90 Å². The molecule has 6 nitrogen and oxygen atoms in total. The Bertz CT molecular complexity index is 496. The average molecular weight is 275 g/mol. The van der Waals surface area contributed by atoms with Gasteiger partial charge >= 0.3 is 0 Å². The summed E-state index contributed by atoms with van der Waals surface area (Å²) in [6.07, 6.45) is 3.20. The lowest BCUT2D eigenvalue weighted by Crippen LogP contribution is -2.49. The summed E-state index contributed by atoms with van der Waals surface area (Å²) in [6.45, 7) is 3.82. The fourth-order valence-electron chi connectivity index (χ4n) is 2.32. The van der Waals surface area contributed by atoms with Crippen molar-refractivity contribution in [2.45, 2.75) is 0 Å². The minimum Gasteiger partial charge on any atom is -0.494 e. The van der Waals surface area contributed by atoms with Crippen LogP contribution in [0.15, 0.2) is 36.4 Å². The van der Waals surface area contributed by atoms with E-state index >= 15 is 0 Å². The van der Waals surface area contributed by atoms with Gasteiger partial charge in [-0.15, -0.1) is 0 Å². The van der Waals surface area contributed by atoms with Crippen molar-refractivity contribution < 1.29 is 14.3 Å². The van der Waals surface area contributed by atoms with E-state index in [0.29, 0.717) is 32.1 Å². The first kappa shape index (κ1) is 12.8. The smallest absolute Gasteiger partial charge is 0.292 e. The molecule has 0 saturated carbocycles. The maximum atomic E-state index is 12.2. The fraction of sp³-hybridized carbons (Fsp3) is 0.429. The molecule has 1 aromatic rings. The summed E-state index contributed by atoms with van der Waals surface area (Å²) >= 11 is 0. The normalized spacial score (nSPS) is 18.9. The maximum Gasteiger partial charge on any atom is 0.292 e. The van der Waals surface area contributed by atoms with Crippen LogP contribution in [0.4, 0.5) is 5.82 Å². The number of hydrogen-bond donors (Lipinski definition) is 0. The van der Waals surface area contributed by atoms with E-state index in [4.69, 9.17) is 9.47 Å². The molecule has 0 N–H and O–H groups in total. The Hall–Kier alpha value is -2.24. The summed E-state index contributed by atoms with van der Waals surface area (Å²) in [4.78, 5) is 20.5. The van der Waals surface area contributed by atoms with Crippen LogP contribution in [0.3, 0.4) is 0 Å². The third-order valence-corrected chi connectivity index (χ3v) is 3.40. The second-order valence-electron chi connectivity index (χ2n) is 4.67. The van der Waals surface area contributed by atoms with Crippen molar-refractivity contribution in [3.8, 4) is 0 Å². The molecule has 3 heterocycles. The Morgan fingerprint density at radius 1 is 1.15 bits per heavy atom. The molecule has 0 radical (unpaired) electrons. The molecule has 3 rings (SSSR count). The van der Waals surface area contributed by atoms with Gasteiger partial charge in [-0.1, -0.05) is 6.07 Å². The van der Waals surface area contributed by atoms with Gasteiger partial charge in [0.1, 0.15) is 25.3 Å². The molecule has 1 amide bonds. The van der Waals surface area contributed by atoms with E-state index in [1.54, 1.807) is 11.1 Å². The summed E-state index contributed by atoms with van der Waals surface area (Å²) in [7, 11) is 0.